The zero-order chi connectivity index (χ0) is 21.3. The van der Waals surface area contributed by atoms with E-state index in [0.29, 0.717) is 24.5 Å². The van der Waals surface area contributed by atoms with Gasteiger partial charge in [-0.25, -0.2) is 0 Å². The van der Waals surface area contributed by atoms with E-state index in [1.165, 1.54) is 12.0 Å². The van der Waals surface area contributed by atoms with Crippen molar-refractivity contribution in [1.82, 2.24) is 20.0 Å². The summed E-state index contributed by atoms with van der Waals surface area (Å²) in [5, 5.41) is 3.68. The lowest BCUT2D eigenvalue weighted by molar-refractivity contribution is 0.0886. The van der Waals surface area contributed by atoms with Gasteiger partial charge in [0.25, 0.3) is 0 Å². The highest BCUT2D eigenvalue weighted by Gasteiger charge is 2.28. The van der Waals surface area contributed by atoms with Crippen molar-refractivity contribution in [3.8, 4) is 0 Å². The van der Waals surface area contributed by atoms with Gasteiger partial charge < -0.3 is 19.9 Å². The molecule has 6 nitrogen and oxygen atoms in total. The molecule has 2 aliphatic heterocycles. The smallest absolute Gasteiger partial charge is 0.193 e. The van der Waals surface area contributed by atoms with Gasteiger partial charge in [-0.3, -0.25) is 9.89 Å². The third-order valence-corrected chi connectivity index (χ3v) is 6.51. The second kappa shape index (κ2) is 11.7. The van der Waals surface area contributed by atoms with Crippen molar-refractivity contribution < 1.29 is 4.74 Å². The predicted octanol–water partition coefficient (Wildman–Crippen LogP) is 2.37. The van der Waals surface area contributed by atoms with E-state index in [1.807, 2.05) is 13.1 Å². The number of likely N-dealkylation sites (tertiary alicyclic amines) is 1. The van der Waals surface area contributed by atoms with Gasteiger partial charge in [0.2, 0.25) is 0 Å². The third kappa shape index (κ3) is 6.69. The molecule has 2 heterocycles. The summed E-state index contributed by atoms with van der Waals surface area (Å²) in [5.74, 6) is 2.24. The van der Waals surface area contributed by atoms with Crippen LogP contribution in [0.2, 0.25) is 0 Å². The van der Waals surface area contributed by atoms with Crippen LogP contribution in [0.4, 0.5) is 0 Å². The van der Waals surface area contributed by atoms with Crippen molar-refractivity contribution in [2.75, 3.05) is 66.5 Å². The molecule has 0 bridgehead atoms. The number of piperazine rings is 1. The molecule has 2 saturated heterocycles. The Morgan fingerprint density at radius 2 is 1.87 bits per heavy atom. The molecule has 2 atom stereocenters. The van der Waals surface area contributed by atoms with Crippen LogP contribution in [-0.4, -0.2) is 93.2 Å². The molecule has 0 saturated carbocycles. The van der Waals surface area contributed by atoms with Crippen molar-refractivity contribution in [3.05, 3.63) is 35.9 Å². The number of hydrogen-bond donors (Lipinski definition) is 1. The largest absolute Gasteiger partial charge is 0.376 e. The maximum absolute atomic E-state index is 5.99. The van der Waals surface area contributed by atoms with E-state index in [1.54, 1.807) is 0 Å². The number of nitrogens with one attached hydrogen (secondary N) is 1. The second-order valence-corrected chi connectivity index (χ2v) is 9.18. The zero-order valence-electron chi connectivity index (χ0n) is 19.4. The van der Waals surface area contributed by atoms with E-state index in [0.717, 1.165) is 58.4 Å². The Balaban J connectivity index is 1.43. The van der Waals surface area contributed by atoms with E-state index < -0.39 is 0 Å². The summed E-state index contributed by atoms with van der Waals surface area (Å²) >= 11 is 0. The lowest BCUT2D eigenvalue weighted by Crippen LogP contribution is -2.55. The van der Waals surface area contributed by atoms with Crippen molar-refractivity contribution in [1.29, 1.82) is 0 Å². The fraction of sp³-hybridized carbons (Fsp3) is 0.708. The van der Waals surface area contributed by atoms with E-state index in [4.69, 9.17) is 4.74 Å². The van der Waals surface area contributed by atoms with Gasteiger partial charge in [-0.2, -0.15) is 0 Å². The van der Waals surface area contributed by atoms with Crippen molar-refractivity contribution >= 4 is 5.96 Å². The SMILES string of the molecule is CN=C(NCC(C(C)C)N1CCN(C)CC1)N1CCC(COCc2ccccc2)C1. The first-order valence-electron chi connectivity index (χ1n) is 11.6. The zero-order valence-corrected chi connectivity index (χ0v) is 19.4. The van der Waals surface area contributed by atoms with Gasteiger partial charge >= 0.3 is 0 Å². The quantitative estimate of drug-likeness (QED) is 0.522. The first kappa shape index (κ1) is 23.0. The standard InChI is InChI=1S/C24H41N5O/c1-20(2)23(28-14-12-27(4)13-15-28)16-26-24(25-3)29-11-10-22(17-29)19-30-18-21-8-6-5-7-9-21/h5-9,20,22-23H,10-19H2,1-4H3,(H,25,26). The predicted molar refractivity (Wildman–Crippen MR) is 125 cm³/mol. The molecular weight excluding hydrogens is 374 g/mol. The van der Waals surface area contributed by atoms with Crippen LogP contribution < -0.4 is 5.32 Å². The maximum atomic E-state index is 5.99. The Bertz CT molecular complexity index is 642. The van der Waals surface area contributed by atoms with E-state index in [9.17, 15) is 0 Å². The molecule has 0 aliphatic carbocycles. The molecule has 0 amide bonds. The number of guanidine groups is 1. The van der Waals surface area contributed by atoms with Gasteiger partial charge in [0.05, 0.1) is 13.2 Å². The lowest BCUT2D eigenvalue weighted by atomic mass is 10.0. The van der Waals surface area contributed by atoms with Gasteiger partial charge in [0.15, 0.2) is 5.96 Å². The Morgan fingerprint density at radius 3 is 2.53 bits per heavy atom. The van der Waals surface area contributed by atoms with Crippen molar-refractivity contribution in [2.45, 2.75) is 32.9 Å². The normalized spacial score (nSPS) is 22.6. The average molecular weight is 416 g/mol. The molecule has 3 rings (SSSR count). The van der Waals surface area contributed by atoms with Crippen molar-refractivity contribution in [3.63, 3.8) is 0 Å². The van der Waals surface area contributed by atoms with Crippen LogP contribution in [-0.2, 0) is 11.3 Å². The van der Waals surface area contributed by atoms with Crippen LogP contribution in [0.25, 0.3) is 0 Å². The summed E-state index contributed by atoms with van der Waals surface area (Å²) in [4.78, 5) is 12.1. The highest BCUT2D eigenvalue weighted by atomic mass is 16.5. The topological polar surface area (TPSA) is 43.3 Å². The van der Waals surface area contributed by atoms with Crippen LogP contribution in [0.15, 0.2) is 35.3 Å². The fourth-order valence-corrected chi connectivity index (χ4v) is 4.55. The second-order valence-electron chi connectivity index (χ2n) is 9.18. The molecule has 1 aromatic carbocycles. The highest BCUT2D eigenvalue weighted by molar-refractivity contribution is 5.80. The first-order chi connectivity index (χ1) is 14.6. The molecular formula is C24H41N5O. The van der Waals surface area contributed by atoms with E-state index in [-0.39, 0.29) is 0 Å². The highest BCUT2D eigenvalue weighted by Crippen LogP contribution is 2.18. The average Bonchev–Trinajstić information content (AvgIpc) is 3.21. The summed E-state index contributed by atoms with van der Waals surface area (Å²) in [6, 6.07) is 11.0. The summed E-state index contributed by atoms with van der Waals surface area (Å²) in [5.41, 5.74) is 1.24. The molecule has 1 N–H and O–H groups in total. The number of benzene rings is 1. The van der Waals surface area contributed by atoms with Crippen LogP contribution in [0.1, 0.15) is 25.8 Å². The van der Waals surface area contributed by atoms with Gasteiger partial charge in [-0.1, -0.05) is 44.2 Å². The number of likely N-dealkylation sites (N-methyl/N-ethyl adjacent to an activating group) is 1. The minimum absolute atomic E-state index is 0.544. The van der Waals surface area contributed by atoms with Gasteiger partial charge in [0.1, 0.15) is 0 Å². The number of ether oxygens (including phenoxy) is 1. The maximum Gasteiger partial charge on any atom is 0.193 e. The molecule has 2 aliphatic rings. The molecule has 2 fully saturated rings. The van der Waals surface area contributed by atoms with E-state index in [2.05, 4.69) is 70.2 Å². The van der Waals surface area contributed by atoms with Gasteiger partial charge in [-0.15, -0.1) is 0 Å². The number of hydrogen-bond acceptors (Lipinski definition) is 4. The first-order valence-corrected chi connectivity index (χ1v) is 11.6. The number of nitrogens with zero attached hydrogens (tertiary/aromatic N) is 4. The molecule has 0 spiro atoms. The summed E-state index contributed by atoms with van der Waals surface area (Å²) in [7, 11) is 4.12. The Labute approximate surface area is 183 Å². The molecule has 1 aromatic rings. The fourth-order valence-electron chi connectivity index (χ4n) is 4.55. The monoisotopic (exact) mass is 415 g/mol. The lowest BCUT2D eigenvalue weighted by Gasteiger charge is -2.40. The molecule has 2 unspecified atom stereocenters. The van der Waals surface area contributed by atoms with Crippen LogP contribution in [0.3, 0.4) is 0 Å². The summed E-state index contributed by atoms with van der Waals surface area (Å²) in [6.07, 6.45) is 1.17. The molecule has 0 radical (unpaired) electrons. The van der Waals surface area contributed by atoms with Crippen LogP contribution >= 0.6 is 0 Å². The Kier molecular flexibility index (Phi) is 8.97. The Morgan fingerprint density at radius 1 is 1.13 bits per heavy atom. The number of rotatable bonds is 8. The van der Waals surface area contributed by atoms with Gasteiger partial charge in [-0.05, 0) is 24.9 Å². The summed E-state index contributed by atoms with van der Waals surface area (Å²) in [6.45, 7) is 13.9. The minimum atomic E-state index is 0.544. The van der Waals surface area contributed by atoms with E-state index >= 15 is 0 Å². The van der Waals surface area contributed by atoms with Gasteiger partial charge in [0, 0.05) is 64.8 Å². The summed E-state index contributed by atoms with van der Waals surface area (Å²) < 4.78 is 5.99. The molecule has 30 heavy (non-hydrogen) atoms. The minimum Gasteiger partial charge on any atom is -0.376 e. The molecule has 0 aromatic heterocycles. The van der Waals surface area contributed by atoms with Crippen LogP contribution in [0, 0.1) is 11.8 Å². The number of aliphatic imine (C=N–C) groups is 1. The van der Waals surface area contributed by atoms with Crippen molar-refractivity contribution in [2.24, 2.45) is 16.8 Å². The third-order valence-electron chi connectivity index (χ3n) is 6.51. The molecule has 6 heteroatoms. The molecule has 168 valence electrons. The Hall–Kier alpha value is -1.63. The van der Waals surface area contributed by atoms with Crippen LogP contribution in [0.5, 0.6) is 0 Å².